The van der Waals surface area contributed by atoms with Gasteiger partial charge in [0.2, 0.25) is 0 Å². The predicted octanol–water partition coefficient (Wildman–Crippen LogP) is 9.16. The van der Waals surface area contributed by atoms with E-state index in [2.05, 4.69) is 71.0 Å². The summed E-state index contributed by atoms with van der Waals surface area (Å²) in [4.78, 5) is 1.37. The van der Waals surface area contributed by atoms with Crippen LogP contribution in [0, 0.1) is 17.8 Å². The highest BCUT2D eigenvalue weighted by Crippen LogP contribution is 2.22. The van der Waals surface area contributed by atoms with E-state index in [0.29, 0.717) is 0 Å². The van der Waals surface area contributed by atoms with Crippen LogP contribution >= 0.6 is 11.8 Å². The molecule has 1 aromatic carbocycles. The van der Waals surface area contributed by atoms with E-state index in [1.54, 1.807) is 5.57 Å². The van der Waals surface area contributed by atoms with Crippen LogP contribution in [0.25, 0.3) is 0 Å². The van der Waals surface area contributed by atoms with E-state index in [1.165, 1.54) is 62.7 Å². The minimum Gasteiger partial charge on any atom is -0.122 e. The molecule has 0 nitrogen and oxygen atoms in total. The summed E-state index contributed by atoms with van der Waals surface area (Å²) < 4.78 is 0. The van der Waals surface area contributed by atoms with Gasteiger partial charge in [-0.05, 0) is 49.7 Å². The maximum absolute atomic E-state index is 2.45. The molecule has 1 heteroatoms. The summed E-state index contributed by atoms with van der Waals surface area (Å²) in [6.07, 6.45) is 14.9. The third kappa shape index (κ3) is 14.0. The second-order valence-corrected chi connectivity index (χ2v) is 10.1. The van der Waals surface area contributed by atoms with Crippen molar-refractivity contribution in [2.45, 2.75) is 97.3 Å². The highest BCUT2D eigenvalue weighted by Gasteiger charge is 2.06. The van der Waals surface area contributed by atoms with Crippen LogP contribution in [-0.4, -0.2) is 5.75 Å². The molecule has 1 aromatic rings. The Balaban J connectivity index is 2.03. The molecular formula is C26H44S. The second kappa shape index (κ2) is 15.3. The molecule has 0 bridgehead atoms. The van der Waals surface area contributed by atoms with Crippen molar-refractivity contribution in [1.29, 1.82) is 0 Å². The van der Waals surface area contributed by atoms with Gasteiger partial charge in [0.1, 0.15) is 0 Å². The fraction of sp³-hybridized carbons (Fsp3) is 0.692. The normalized spacial score (nSPS) is 14.5. The van der Waals surface area contributed by atoms with Crippen molar-refractivity contribution in [3.8, 4) is 0 Å². The largest absolute Gasteiger partial charge is 0.122 e. The summed E-state index contributed by atoms with van der Waals surface area (Å²) in [6, 6.07) is 10.7. The molecule has 0 heterocycles. The third-order valence-corrected chi connectivity index (χ3v) is 6.50. The molecule has 0 aliphatic carbocycles. The first-order valence-electron chi connectivity index (χ1n) is 11.3. The summed E-state index contributed by atoms with van der Waals surface area (Å²) in [5.74, 6) is 3.77. The molecule has 27 heavy (non-hydrogen) atoms. The monoisotopic (exact) mass is 388 g/mol. The van der Waals surface area contributed by atoms with E-state index < -0.39 is 0 Å². The van der Waals surface area contributed by atoms with Gasteiger partial charge in [0, 0.05) is 10.6 Å². The predicted molar refractivity (Wildman–Crippen MR) is 126 cm³/mol. The smallest absolute Gasteiger partial charge is 0.0163 e. The minimum atomic E-state index is 0.867. The Bertz CT molecular complexity index is 488. The molecule has 2 atom stereocenters. The quantitative estimate of drug-likeness (QED) is 0.213. The summed E-state index contributed by atoms with van der Waals surface area (Å²) in [5, 5.41) is 0. The summed E-state index contributed by atoms with van der Waals surface area (Å²) in [7, 11) is 0. The van der Waals surface area contributed by atoms with Gasteiger partial charge >= 0.3 is 0 Å². The molecule has 0 saturated heterocycles. The molecule has 0 spiro atoms. The minimum absolute atomic E-state index is 0.867. The van der Waals surface area contributed by atoms with Crippen LogP contribution in [0.15, 0.2) is 46.9 Å². The maximum Gasteiger partial charge on any atom is 0.0163 e. The third-order valence-electron chi connectivity index (χ3n) is 5.57. The lowest BCUT2D eigenvalue weighted by Gasteiger charge is -2.15. The Labute approximate surface area is 174 Å². The van der Waals surface area contributed by atoms with E-state index >= 15 is 0 Å². The molecule has 0 saturated carbocycles. The first kappa shape index (κ1) is 24.3. The van der Waals surface area contributed by atoms with Crippen LogP contribution in [0.1, 0.15) is 92.4 Å². The van der Waals surface area contributed by atoms with Crippen molar-refractivity contribution in [3.05, 3.63) is 42.0 Å². The molecule has 1 rings (SSSR count). The van der Waals surface area contributed by atoms with Gasteiger partial charge in [-0.25, -0.2) is 0 Å². The van der Waals surface area contributed by atoms with Crippen molar-refractivity contribution in [3.63, 3.8) is 0 Å². The van der Waals surface area contributed by atoms with Gasteiger partial charge in [-0.15, -0.1) is 11.8 Å². The average Bonchev–Trinajstić information content (AvgIpc) is 2.62. The summed E-state index contributed by atoms with van der Waals surface area (Å²) >= 11 is 1.93. The number of hydrogen-bond acceptors (Lipinski definition) is 1. The molecule has 0 aliphatic heterocycles. The molecule has 0 aromatic heterocycles. The van der Waals surface area contributed by atoms with Crippen molar-refractivity contribution >= 4 is 11.8 Å². The fourth-order valence-electron chi connectivity index (χ4n) is 3.61. The molecule has 0 radical (unpaired) electrons. The van der Waals surface area contributed by atoms with E-state index in [0.717, 1.165) is 23.5 Å². The van der Waals surface area contributed by atoms with Crippen LogP contribution in [-0.2, 0) is 0 Å². The first-order valence-corrected chi connectivity index (χ1v) is 12.3. The van der Waals surface area contributed by atoms with Crippen molar-refractivity contribution in [1.82, 2.24) is 0 Å². The number of allylic oxidation sites excluding steroid dienone is 1. The topological polar surface area (TPSA) is 0 Å². The van der Waals surface area contributed by atoms with Crippen LogP contribution < -0.4 is 0 Å². The van der Waals surface area contributed by atoms with E-state index in [-0.39, 0.29) is 0 Å². The SMILES string of the molecule is CC(=CCSc1ccccc1)CCCC(C)CCCC(C)CCCC(C)C. The van der Waals surface area contributed by atoms with Crippen LogP contribution in [0.2, 0.25) is 0 Å². The van der Waals surface area contributed by atoms with Crippen LogP contribution in [0.5, 0.6) is 0 Å². The second-order valence-electron chi connectivity index (χ2n) is 9.03. The van der Waals surface area contributed by atoms with Gasteiger partial charge in [-0.3, -0.25) is 0 Å². The van der Waals surface area contributed by atoms with Crippen LogP contribution in [0.3, 0.4) is 0 Å². The van der Waals surface area contributed by atoms with Crippen molar-refractivity contribution in [2.75, 3.05) is 5.75 Å². The zero-order valence-corrected chi connectivity index (χ0v) is 19.5. The van der Waals surface area contributed by atoms with Crippen LogP contribution in [0.4, 0.5) is 0 Å². The van der Waals surface area contributed by atoms with E-state index in [1.807, 2.05) is 11.8 Å². The molecule has 2 unspecified atom stereocenters. The number of thioether (sulfide) groups is 1. The molecule has 0 fully saturated rings. The molecule has 0 amide bonds. The molecular weight excluding hydrogens is 344 g/mol. The summed E-state index contributed by atoms with van der Waals surface area (Å²) in [5.41, 5.74) is 1.56. The molecule has 0 aliphatic rings. The Hall–Kier alpha value is -0.690. The van der Waals surface area contributed by atoms with Crippen molar-refractivity contribution < 1.29 is 0 Å². The maximum atomic E-state index is 2.45. The number of benzene rings is 1. The number of rotatable bonds is 15. The molecule has 154 valence electrons. The van der Waals surface area contributed by atoms with Gasteiger partial charge in [-0.2, -0.15) is 0 Å². The zero-order chi connectivity index (χ0) is 19.9. The van der Waals surface area contributed by atoms with Gasteiger partial charge in [0.15, 0.2) is 0 Å². The Morgan fingerprint density at radius 2 is 1.37 bits per heavy atom. The lowest BCUT2D eigenvalue weighted by molar-refractivity contribution is 0.389. The van der Waals surface area contributed by atoms with Gasteiger partial charge < -0.3 is 0 Å². The standard InChI is InChI=1S/C26H44S/c1-22(2)12-9-13-23(3)14-10-15-24(4)16-11-17-25(5)20-21-27-26-18-7-6-8-19-26/h6-8,18-20,22-24H,9-17,21H2,1-5H3. The van der Waals surface area contributed by atoms with Gasteiger partial charge in [0.25, 0.3) is 0 Å². The number of hydrogen-bond donors (Lipinski definition) is 0. The Morgan fingerprint density at radius 3 is 1.96 bits per heavy atom. The zero-order valence-electron chi connectivity index (χ0n) is 18.7. The highest BCUT2D eigenvalue weighted by molar-refractivity contribution is 7.99. The first-order chi connectivity index (χ1) is 13.0. The van der Waals surface area contributed by atoms with Gasteiger partial charge in [0.05, 0.1) is 0 Å². The highest BCUT2D eigenvalue weighted by atomic mass is 32.2. The fourth-order valence-corrected chi connectivity index (χ4v) is 4.52. The molecule has 0 N–H and O–H groups in total. The van der Waals surface area contributed by atoms with E-state index in [4.69, 9.17) is 0 Å². The summed E-state index contributed by atoms with van der Waals surface area (Å²) in [6.45, 7) is 11.9. The van der Waals surface area contributed by atoms with Crippen molar-refractivity contribution in [2.24, 2.45) is 17.8 Å². The average molecular weight is 389 g/mol. The Morgan fingerprint density at radius 1 is 0.815 bits per heavy atom. The lowest BCUT2D eigenvalue weighted by atomic mass is 9.91. The lowest BCUT2D eigenvalue weighted by Crippen LogP contribution is -2.00. The Kier molecular flexibility index (Phi) is 13.8. The van der Waals surface area contributed by atoms with Gasteiger partial charge in [-0.1, -0.05) is 102 Å². The van der Waals surface area contributed by atoms with E-state index in [9.17, 15) is 0 Å².